The first-order chi connectivity index (χ1) is 8.32. The highest BCUT2D eigenvalue weighted by atomic mass is 32.2. The lowest BCUT2D eigenvalue weighted by Gasteiger charge is -2.04. The Kier molecular flexibility index (Phi) is 2.78. The van der Waals surface area contributed by atoms with Crippen LogP contribution < -0.4 is 11.3 Å². The van der Waals surface area contributed by atoms with Gasteiger partial charge in [-0.05, 0) is 18.1 Å². The summed E-state index contributed by atoms with van der Waals surface area (Å²) in [7, 11) is -3.62. The van der Waals surface area contributed by atoms with Crippen molar-refractivity contribution < 1.29 is 8.42 Å². The number of hydrogen-bond donors (Lipinski definition) is 2. The molecule has 1 aromatic heterocycles. The molecule has 0 atom stereocenters. The van der Waals surface area contributed by atoms with Crippen LogP contribution in [0.3, 0.4) is 0 Å². The molecule has 0 aliphatic carbocycles. The molecule has 2 aromatic rings. The standard InChI is InChI=1S/C11H13N3O3S/c1-7-5-3-4-6-8(7)9-10(12)14(13-11(9)15)18(2,16)17/h3-6H,12H2,1-2H3,(H,13,15). The van der Waals surface area contributed by atoms with E-state index in [1.54, 1.807) is 12.1 Å². The van der Waals surface area contributed by atoms with Crippen LogP contribution in [0.1, 0.15) is 5.56 Å². The SMILES string of the molecule is Cc1ccccc1-c1c(N)n(S(C)(=O)=O)[nH]c1=O. The van der Waals surface area contributed by atoms with E-state index in [1.165, 1.54) is 0 Å². The fourth-order valence-electron chi connectivity index (χ4n) is 1.80. The van der Waals surface area contributed by atoms with Gasteiger partial charge in [0.05, 0.1) is 11.8 Å². The number of anilines is 1. The van der Waals surface area contributed by atoms with Gasteiger partial charge in [-0.15, -0.1) is 0 Å². The number of rotatable bonds is 2. The van der Waals surface area contributed by atoms with Gasteiger partial charge in [0.25, 0.3) is 15.6 Å². The number of aryl methyl sites for hydroxylation is 1. The van der Waals surface area contributed by atoms with E-state index in [0.29, 0.717) is 9.65 Å². The van der Waals surface area contributed by atoms with Gasteiger partial charge in [-0.2, -0.15) is 4.09 Å². The molecule has 18 heavy (non-hydrogen) atoms. The summed E-state index contributed by atoms with van der Waals surface area (Å²) in [4.78, 5) is 11.8. The summed E-state index contributed by atoms with van der Waals surface area (Å²) < 4.78 is 23.6. The van der Waals surface area contributed by atoms with Gasteiger partial charge in [0, 0.05) is 0 Å². The molecule has 0 aliphatic rings. The number of aromatic nitrogens is 2. The Morgan fingerprint density at radius 1 is 1.28 bits per heavy atom. The summed E-state index contributed by atoms with van der Waals surface area (Å²) in [6.45, 7) is 1.83. The van der Waals surface area contributed by atoms with Gasteiger partial charge < -0.3 is 5.73 Å². The lowest BCUT2D eigenvalue weighted by molar-refractivity contribution is 0.587. The van der Waals surface area contributed by atoms with Crippen molar-refractivity contribution in [3.63, 3.8) is 0 Å². The van der Waals surface area contributed by atoms with E-state index in [2.05, 4.69) is 5.10 Å². The van der Waals surface area contributed by atoms with Crippen LogP contribution in [0, 0.1) is 6.92 Å². The van der Waals surface area contributed by atoms with Gasteiger partial charge in [-0.25, -0.2) is 13.5 Å². The number of H-pyrrole nitrogens is 1. The minimum atomic E-state index is -3.62. The Labute approximate surface area is 104 Å². The van der Waals surface area contributed by atoms with Crippen LogP contribution in [0.2, 0.25) is 0 Å². The van der Waals surface area contributed by atoms with Gasteiger partial charge in [0.2, 0.25) is 0 Å². The Morgan fingerprint density at radius 2 is 1.89 bits per heavy atom. The molecule has 0 unspecified atom stereocenters. The lowest BCUT2D eigenvalue weighted by atomic mass is 10.0. The third-order valence-electron chi connectivity index (χ3n) is 2.65. The molecule has 1 aromatic carbocycles. The van der Waals surface area contributed by atoms with Gasteiger partial charge in [0.15, 0.2) is 0 Å². The van der Waals surface area contributed by atoms with Gasteiger partial charge in [-0.3, -0.25) is 4.79 Å². The number of nitrogens with one attached hydrogen (secondary N) is 1. The number of nitrogens with zero attached hydrogens (tertiary/aromatic N) is 1. The minimum Gasteiger partial charge on any atom is -0.382 e. The first-order valence-electron chi connectivity index (χ1n) is 5.19. The number of nitrogen functional groups attached to an aromatic ring is 1. The molecule has 0 saturated heterocycles. The molecule has 0 fully saturated rings. The van der Waals surface area contributed by atoms with Crippen LogP contribution in [0.15, 0.2) is 29.1 Å². The van der Waals surface area contributed by atoms with Crippen LogP contribution in [0.25, 0.3) is 11.1 Å². The van der Waals surface area contributed by atoms with Crippen LogP contribution in [-0.4, -0.2) is 23.9 Å². The topological polar surface area (TPSA) is 97.9 Å². The Balaban J connectivity index is 2.80. The third-order valence-corrected chi connectivity index (χ3v) is 3.60. The number of aromatic amines is 1. The van der Waals surface area contributed by atoms with Crippen LogP contribution >= 0.6 is 0 Å². The van der Waals surface area contributed by atoms with E-state index < -0.39 is 15.6 Å². The normalized spacial score (nSPS) is 11.7. The van der Waals surface area contributed by atoms with E-state index >= 15 is 0 Å². The van der Waals surface area contributed by atoms with Crippen molar-refractivity contribution in [2.24, 2.45) is 0 Å². The second-order valence-corrected chi connectivity index (χ2v) is 5.87. The summed E-state index contributed by atoms with van der Waals surface area (Å²) >= 11 is 0. The predicted octanol–water partition coefficient (Wildman–Crippen LogP) is 0.542. The Hall–Kier alpha value is -2.02. The second-order valence-electron chi connectivity index (χ2n) is 4.04. The van der Waals surface area contributed by atoms with Crippen molar-refractivity contribution in [3.05, 3.63) is 40.2 Å². The highest BCUT2D eigenvalue weighted by Gasteiger charge is 2.19. The van der Waals surface area contributed by atoms with Crippen LogP contribution in [-0.2, 0) is 10.0 Å². The van der Waals surface area contributed by atoms with Crippen molar-refractivity contribution in [1.29, 1.82) is 0 Å². The average Bonchev–Trinajstić information content (AvgIpc) is 2.55. The van der Waals surface area contributed by atoms with Crippen molar-refractivity contribution in [2.45, 2.75) is 6.92 Å². The molecule has 0 bridgehead atoms. The monoisotopic (exact) mass is 267 g/mol. The van der Waals surface area contributed by atoms with E-state index in [1.807, 2.05) is 19.1 Å². The zero-order valence-corrected chi connectivity index (χ0v) is 10.8. The second kappa shape index (κ2) is 4.02. The molecule has 2 rings (SSSR count). The Morgan fingerprint density at radius 3 is 2.39 bits per heavy atom. The molecular weight excluding hydrogens is 254 g/mol. The molecule has 7 heteroatoms. The van der Waals surface area contributed by atoms with E-state index in [9.17, 15) is 13.2 Å². The summed E-state index contributed by atoms with van der Waals surface area (Å²) in [6, 6.07) is 7.14. The van der Waals surface area contributed by atoms with Gasteiger partial charge in [-0.1, -0.05) is 24.3 Å². The zero-order valence-electron chi connectivity index (χ0n) is 9.97. The Bertz CT molecular complexity index is 756. The first kappa shape index (κ1) is 12.4. The minimum absolute atomic E-state index is 0.100. The molecule has 0 radical (unpaired) electrons. The number of hydrogen-bond acceptors (Lipinski definition) is 4. The molecular formula is C11H13N3O3S. The fraction of sp³-hybridized carbons (Fsp3) is 0.182. The average molecular weight is 267 g/mol. The molecule has 0 saturated carbocycles. The predicted molar refractivity (Wildman–Crippen MR) is 69.9 cm³/mol. The van der Waals surface area contributed by atoms with E-state index in [-0.39, 0.29) is 11.4 Å². The molecule has 1 heterocycles. The molecule has 96 valence electrons. The fourth-order valence-corrected chi connectivity index (χ4v) is 2.50. The van der Waals surface area contributed by atoms with Gasteiger partial charge in [0.1, 0.15) is 5.82 Å². The van der Waals surface area contributed by atoms with Crippen molar-refractivity contribution in [1.82, 2.24) is 9.19 Å². The maximum atomic E-state index is 11.8. The summed E-state index contributed by atoms with van der Waals surface area (Å²) in [5.41, 5.74) is 6.87. The lowest BCUT2D eigenvalue weighted by Crippen LogP contribution is -2.16. The van der Waals surface area contributed by atoms with E-state index in [4.69, 9.17) is 5.73 Å². The summed E-state index contributed by atoms with van der Waals surface area (Å²) in [5.74, 6) is -0.100. The highest BCUT2D eigenvalue weighted by molar-refractivity contribution is 7.89. The summed E-state index contributed by atoms with van der Waals surface area (Å²) in [6.07, 6.45) is 0.973. The zero-order chi connectivity index (χ0) is 13.5. The van der Waals surface area contributed by atoms with Crippen molar-refractivity contribution in [3.8, 4) is 11.1 Å². The molecule has 0 spiro atoms. The molecule has 0 aliphatic heterocycles. The molecule has 6 nitrogen and oxygen atoms in total. The summed E-state index contributed by atoms with van der Waals surface area (Å²) in [5, 5.41) is 2.23. The smallest absolute Gasteiger partial charge is 0.275 e. The van der Waals surface area contributed by atoms with Crippen molar-refractivity contribution in [2.75, 3.05) is 12.0 Å². The number of benzene rings is 1. The van der Waals surface area contributed by atoms with Gasteiger partial charge >= 0.3 is 0 Å². The third kappa shape index (κ3) is 1.92. The van der Waals surface area contributed by atoms with E-state index in [0.717, 1.165) is 11.8 Å². The van der Waals surface area contributed by atoms with Crippen molar-refractivity contribution >= 4 is 15.8 Å². The largest absolute Gasteiger partial charge is 0.382 e. The maximum absolute atomic E-state index is 11.8. The first-order valence-corrected chi connectivity index (χ1v) is 7.04. The highest BCUT2D eigenvalue weighted by Crippen LogP contribution is 2.25. The number of nitrogens with two attached hydrogens (primary N) is 1. The molecule has 3 N–H and O–H groups in total. The van der Waals surface area contributed by atoms with Crippen LogP contribution in [0.4, 0.5) is 5.82 Å². The molecule has 0 amide bonds. The van der Waals surface area contributed by atoms with Crippen LogP contribution in [0.5, 0.6) is 0 Å². The quantitative estimate of drug-likeness (QED) is 0.829. The maximum Gasteiger partial charge on any atom is 0.275 e.